The molecular formula is C26H44O2. The van der Waals surface area contributed by atoms with Gasteiger partial charge in [0, 0.05) is 0 Å². The third-order valence-corrected chi connectivity index (χ3v) is 5.76. The van der Waals surface area contributed by atoms with Gasteiger partial charge in [-0.05, 0) is 100 Å². The molecule has 2 heteroatoms. The van der Waals surface area contributed by atoms with Gasteiger partial charge in [0.05, 0.1) is 0 Å². The minimum absolute atomic E-state index is 0.344. The molecule has 28 heavy (non-hydrogen) atoms. The van der Waals surface area contributed by atoms with Crippen LogP contribution in [0.3, 0.4) is 0 Å². The van der Waals surface area contributed by atoms with Crippen LogP contribution in [0.2, 0.25) is 0 Å². The summed E-state index contributed by atoms with van der Waals surface area (Å²) in [5.74, 6) is 0. The van der Waals surface area contributed by atoms with Crippen molar-refractivity contribution in [3.63, 3.8) is 0 Å². The van der Waals surface area contributed by atoms with Gasteiger partial charge in [-0.1, -0.05) is 52.2 Å². The highest BCUT2D eigenvalue weighted by Gasteiger charge is 2.17. The zero-order valence-corrected chi connectivity index (χ0v) is 19.6. The highest BCUT2D eigenvalue weighted by molar-refractivity contribution is 5.38. The van der Waals surface area contributed by atoms with E-state index < -0.39 is 0 Å². The number of carbonyl (C=O) groups excluding carboxylic acids is 1. The molecule has 2 nitrogen and oxygen atoms in total. The number of carbonyl (C=O) groups is 1. The third kappa shape index (κ3) is 10.3. The van der Waals surface area contributed by atoms with Gasteiger partial charge in [-0.25, -0.2) is 0 Å². The Hall–Kier alpha value is -1.31. The second-order valence-corrected chi connectivity index (χ2v) is 10.4. The Kier molecular flexibility index (Phi) is 10.3. The first kappa shape index (κ1) is 24.7. The van der Waals surface area contributed by atoms with Crippen molar-refractivity contribution in [2.75, 3.05) is 0 Å². The van der Waals surface area contributed by atoms with E-state index in [-0.39, 0.29) is 5.60 Å². The van der Waals surface area contributed by atoms with Gasteiger partial charge in [0.25, 0.3) is 6.47 Å². The summed E-state index contributed by atoms with van der Waals surface area (Å²) in [6.07, 6.45) is 12.1. The van der Waals surface area contributed by atoms with Gasteiger partial charge in [-0.3, -0.25) is 4.79 Å². The van der Waals surface area contributed by atoms with Crippen molar-refractivity contribution in [1.29, 1.82) is 0 Å². The quantitative estimate of drug-likeness (QED) is 0.258. The molecule has 1 aromatic carbocycles. The van der Waals surface area contributed by atoms with E-state index in [1.54, 1.807) is 0 Å². The first-order valence-corrected chi connectivity index (χ1v) is 11.2. The lowest BCUT2D eigenvalue weighted by Crippen LogP contribution is -2.23. The average molecular weight is 389 g/mol. The number of ether oxygens (including phenoxy) is 1. The van der Waals surface area contributed by atoms with E-state index in [0.717, 1.165) is 25.7 Å². The van der Waals surface area contributed by atoms with Crippen molar-refractivity contribution in [3.05, 3.63) is 34.4 Å². The smallest absolute Gasteiger partial charge is 0.293 e. The highest BCUT2D eigenvalue weighted by Crippen LogP contribution is 2.24. The molecular weight excluding hydrogens is 344 g/mol. The molecule has 0 spiro atoms. The van der Waals surface area contributed by atoms with Crippen LogP contribution in [0.1, 0.15) is 108 Å². The molecule has 0 aromatic heterocycles. The summed E-state index contributed by atoms with van der Waals surface area (Å²) in [5.41, 5.74) is 6.00. The van der Waals surface area contributed by atoms with Gasteiger partial charge in [0.1, 0.15) is 5.60 Å². The maximum atomic E-state index is 10.5. The number of hydrogen-bond acceptors (Lipinski definition) is 2. The first-order chi connectivity index (χ1) is 13.0. The van der Waals surface area contributed by atoms with Crippen LogP contribution in [-0.4, -0.2) is 12.1 Å². The molecule has 0 aliphatic rings. The number of benzene rings is 1. The molecule has 0 radical (unpaired) electrons. The fraction of sp³-hybridized carbons (Fsp3) is 0.731. The lowest BCUT2D eigenvalue weighted by atomic mass is 9.89. The van der Waals surface area contributed by atoms with Crippen molar-refractivity contribution >= 4 is 6.47 Å². The van der Waals surface area contributed by atoms with Gasteiger partial charge < -0.3 is 4.74 Å². The van der Waals surface area contributed by atoms with E-state index in [0.29, 0.717) is 11.9 Å². The van der Waals surface area contributed by atoms with Crippen LogP contribution in [-0.2, 0) is 22.4 Å². The molecule has 0 saturated heterocycles. The maximum Gasteiger partial charge on any atom is 0.293 e. The molecule has 0 aliphatic carbocycles. The molecule has 0 heterocycles. The molecule has 0 fully saturated rings. The zero-order chi connectivity index (χ0) is 21.2. The second kappa shape index (κ2) is 11.6. The monoisotopic (exact) mass is 388 g/mol. The van der Waals surface area contributed by atoms with Crippen LogP contribution >= 0.6 is 0 Å². The summed E-state index contributed by atoms with van der Waals surface area (Å²) >= 11 is 0. The topological polar surface area (TPSA) is 26.3 Å². The molecule has 0 aliphatic heterocycles. The number of hydrogen-bond donors (Lipinski definition) is 0. The number of aryl methyl sites for hydroxylation is 4. The first-order valence-electron chi connectivity index (χ1n) is 11.2. The maximum absolute atomic E-state index is 10.5. The van der Waals surface area contributed by atoms with E-state index >= 15 is 0 Å². The van der Waals surface area contributed by atoms with Gasteiger partial charge in [-0.15, -0.1) is 0 Å². The van der Waals surface area contributed by atoms with Gasteiger partial charge >= 0.3 is 0 Å². The fourth-order valence-electron chi connectivity index (χ4n) is 3.85. The van der Waals surface area contributed by atoms with E-state index in [9.17, 15) is 4.79 Å². The van der Waals surface area contributed by atoms with Crippen LogP contribution < -0.4 is 0 Å². The lowest BCUT2D eigenvalue weighted by molar-refractivity contribution is -0.140. The van der Waals surface area contributed by atoms with Crippen LogP contribution in [0, 0.1) is 19.3 Å². The van der Waals surface area contributed by atoms with E-state index in [1.807, 2.05) is 13.8 Å². The fourth-order valence-corrected chi connectivity index (χ4v) is 3.85. The Bertz CT molecular complexity index is 593. The molecule has 1 rings (SSSR count). The van der Waals surface area contributed by atoms with Crippen LogP contribution in [0.15, 0.2) is 12.1 Å². The Balaban J connectivity index is 2.40. The zero-order valence-electron chi connectivity index (χ0n) is 19.6. The van der Waals surface area contributed by atoms with Gasteiger partial charge in [-0.2, -0.15) is 0 Å². The standard InChI is InChI=1S/C26H44O2/c1-21-19-24(15-11-13-17-26(6,7)28-20-27)22(2)18-23(21)14-10-8-9-12-16-25(3,4)5/h18-20H,8-17H2,1-7H3. The van der Waals surface area contributed by atoms with E-state index in [1.165, 1.54) is 60.8 Å². The average Bonchev–Trinajstić information content (AvgIpc) is 2.57. The van der Waals surface area contributed by atoms with Crippen molar-refractivity contribution in [2.45, 2.75) is 118 Å². The number of unbranched alkanes of at least 4 members (excludes halogenated alkanes) is 4. The predicted octanol–water partition coefficient (Wildman–Crippen LogP) is 7.51. The van der Waals surface area contributed by atoms with Gasteiger partial charge in [0.15, 0.2) is 0 Å². The summed E-state index contributed by atoms with van der Waals surface area (Å²) in [7, 11) is 0. The second-order valence-electron chi connectivity index (χ2n) is 10.4. The van der Waals surface area contributed by atoms with E-state index in [2.05, 4.69) is 46.8 Å². The Labute approximate surface area is 174 Å². The summed E-state index contributed by atoms with van der Waals surface area (Å²) in [6.45, 7) is 16.0. The summed E-state index contributed by atoms with van der Waals surface area (Å²) in [4.78, 5) is 10.5. The van der Waals surface area contributed by atoms with Crippen molar-refractivity contribution < 1.29 is 9.53 Å². The third-order valence-electron chi connectivity index (χ3n) is 5.76. The molecule has 160 valence electrons. The minimum Gasteiger partial charge on any atom is -0.462 e. The normalized spacial score (nSPS) is 12.2. The van der Waals surface area contributed by atoms with E-state index in [4.69, 9.17) is 4.74 Å². The minimum atomic E-state index is -0.344. The molecule has 0 saturated carbocycles. The molecule has 0 N–H and O–H groups in total. The molecule has 0 bridgehead atoms. The molecule has 1 aromatic rings. The molecule has 0 amide bonds. The summed E-state index contributed by atoms with van der Waals surface area (Å²) in [5, 5.41) is 0. The van der Waals surface area contributed by atoms with Crippen molar-refractivity contribution in [3.8, 4) is 0 Å². The Morgan fingerprint density at radius 3 is 1.71 bits per heavy atom. The largest absolute Gasteiger partial charge is 0.462 e. The highest BCUT2D eigenvalue weighted by atomic mass is 16.5. The van der Waals surface area contributed by atoms with Gasteiger partial charge in [0.2, 0.25) is 0 Å². The number of rotatable bonds is 13. The van der Waals surface area contributed by atoms with Crippen molar-refractivity contribution in [2.24, 2.45) is 5.41 Å². The summed E-state index contributed by atoms with van der Waals surface area (Å²) in [6, 6.07) is 4.82. The molecule has 0 unspecified atom stereocenters. The van der Waals surface area contributed by atoms with Crippen molar-refractivity contribution in [1.82, 2.24) is 0 Å². The Morgan fingerprint density at radius 1 is 0.750 bits per heavy atom. The predicted molar refractivity (Wildman–Crippen MR) is 121 cm³/mol. The summed E-state index contributed by atoms with van der Waals surface area (Å²) < 4.78 is 5.14. The van der Waals surface area contributed by atoms with Crippen LogP contribution in [0.5, 0.6) is 0 Å². The molecule has 0 atom stereocenters. The van der Waals surface area contributed by atoms with Crippen LogP contribution in [0.25, 0.3) is 0 Å². The SMILES string of the molecule is Cc1cc(CCCCC(C)(C)OC=O)c(C)cc1CCCCCCC(C)(C)C. The lowest BCUT2D eigenvalue weighted by Gasteiger charge is -2.22. The Morgan fingerprint density at radius 2 is 1.21 bits per heavy atom. The van der Waals surface area contributed by atoms with Crippen LogP contribution in [0.4, 0.5) is 0 Å².